The molecule has 0 spiro atoms. The molecule has 0 aliphatic rings. The molecule has 0 saturated carbocycles. The van der Waals surface area contributed by atoms with Gasteiger partial charge in [0, 0.05) is 11.1 Å². The largest absolute Gasteiger partial charge is 0.430 e. The van der Waals surface area contributed by atoms with Gasteiger partial charge < -0.3 is 10.2 Å². The number of aliphatic hydroxyl groups excluding tert-OH is 1. The summed E-state index contributed by atoms with van der Waals surface area (Å²) in [5.41, 5.74) is -5.42. The molecular formula is C13H7Cl2F6NO2S. The number of alkyl halides is 6. The topological polar surface area (TPSA) is 53.4 Å². The van der Waals surface area contributed by atoms with Gasteiger partial charge in [-0.3, -0.25) is 0 Å². The van der Waals surface area contributed by atoms with Crippen molar-refractivity contribution in [2.75, 3.05) is 0 Å². The summed E-state index contributed by atoms with van der Waals surface area (Å²) in [6.45, 7) is -0.524. The van der Waals surface area contributed by atoms with Crippen LogP contribution in [-0.2, 0) is 12.2 Å². The zero-order chi connectivity index (χ0) is 19.2. The maximum atomic E-state index is 13.0. The fraction of sp³-hybridized carbons (Fsp3) is 0.308. The van der Waals surface area contributed by atoms with Gasteiger partial charge in [0.25, 0.3) is 5.60 Å². The van der Waals surface area contributed by atoms with Gasteiger partial charge in [-0.05, 0) is 0 Å². The molecule has 0 aliphatic heterocycles. The summed E-state index contributed by atoms with van der Waals surface area (Å²) in [6.07, 6.45) is -12.2. The second kappa shape index (κ2) is 6.58. The summed E-state index contributed by atoms with van der Waals surface area (Å²) < 4.78 is 77.9. The quantitative estimate of drug-likeness (QED) is 0.686. The molecule has 3 nitrogen and oxygen atoms in total. The van der Waals surface area contributed by atoms with Gasteiger partial charge in [-0.25, -0.2) is 4.98 Å². The summed E-state index contributed by atoms with van der Waals surface area (Å²) in [7, 11) is 0. The van der Waals surface area contributed by atoms with Crippen LogP contribution in [-0.4, -0.2) is 27.5 Å². The van der Waals surface area contributed by atoms with Crippen LogP contribution in [0.2, 0.25) is 10.0 Å². The van der Waals surface area contributed by atoms with Crippen LogP contribution >= 0.6 is 34.5 Å². The molecule has 1 aromatic carbocycles. The Morgan fingerprint density at radius 1 is 1.00 bits per heavy atom. The minimum absolute atomic E-state index is 0.0198. The number of thiazole rings is 1. The van der Waals surface area contributed by atoms with E-state index in [1.165, 1.54) is 5.51 Å². The predicted octanol–water partition coefficient (Wildman–Crippen LogP) is 4.92. The smallest absolute Gasteiger partial charge is 0.390 e. The highest BCUT2D eigenvalue weighted by Crippen LogP contribution is 2.53. The first-order valence-corrected chi connectivity index (χ1v) is 7.87. The lowest BCUT2D eigenvalue weighted by atomic mass is 9.91. The highest BCUT2D eigenvalue weighted by Gasteiger charge is 2.72. The fourth-order valence-corrected chi connectivity index (χ4v) is 3.52. The van der Waals surface area contributed by atoms with Crippen molar-refractivity contribution in [3.8, 4) is 10.4 Å². The lowest BCUT2D eigenvalue weighted by Gasteiger charge is -2.33. The van der Waals surface area contributed by atoms with E-state index < -0.39 is 40.2 Å². The fourth-order valence-electron chi connectivity index (χ4n) is 2.07. The van der Waals surface area contributed by atoms with Crippen LogP contribution in [0.4, 0.5) is 26.3 Å². The predicted molar refractivity (Wildman–Crippen MR) is 79.5 cm³/mol. The second-order valence-corrected chi connectivity index (χ2v) is 6.39. The van der Waals surface area contributed by atoms with E-state index >= 15 is 0 Å². The Hall–Kier alpha value is -1.07. The van der Waals surface area contributed by atoms with E-state index in [0.717, 1.165) is 17.4 Å². The van der Waals surface area contributed by atoms with Gasteiger partial charge >= 0.3 is 12.4 Å². The highest BCUT2D eigenvalue weighted by molar-refractivity contribution is 7.13. The van der Waals surface area contributed by atoms with Crippen molar-refractivity contribution in [3.63, 3.8) is 0 Å². The van der Waals surface area contributed by atoms with E-state index in [-0.39, 0.29) is 16.1 Å². The van der Waals surface area contributed by atoms with Crippen molar-refractivity contribution >= 4 is 34.5 Å². The summed E-state index contributed by atoms with van der Waals surface area (Å²) in [5.74, 6) is 0. The lowest BCUT2D eigenvalue weighted by molar-refractivity contribution is -0.376. The van der Waals surface area contributed by atoms with Gasteiger partial charge in [0.2, 0.25) is 0 Å². The van der Waals surface area contributed by atoms with Crippen LogP contribution in [0.15, 0.2) is 17.6 Å². The van der Waals surface area contributed by atoms with E-state index in [1.807, 2.05) is 0 Å². The zero-order valence-electron chi connectivity index (χ0n) is 11.7. The zero-order valence-corrected chi connectivity index (χ0v) is 14.0. The molecule has 0 radical (unpaired) electrons. The molecule has 25 heavy (non-hydrogen) atoms. The van der Waals surface area contributed by atoms with E-state index in [1.54, 1.807) is 0 Å². The summed E-state index contributed by atoms with van der Waals surface area (Å²) in [6, 6.07) is 1.24. The SMILES string of the molecule is OCc1ncsc1-c1ccc(C(O)(C(F)(F)F)C(F)(F)F)c(Cl)c1Cl. The van der Waals surface area contributed by atoms with Crippen molar-refractivity contribution in [2.45, 2.75) is 24.6 Å². The lowest BCUT2D eigenvalue weighted by Crippen LogP contribution is -2.54. The van der Waals surface area contributed by atoms with Gasteiger partial charge in [-0.2, -0.15) is 26.3 Å². The number of rotatable bonds is 3. The van der Waals surface area contributed by atoms with E-state index in [9.17, 15) is 31.4 Å². The van der Waals surface area contributed by atoms with Crippen LogP contribution in [0.3, 0.4) is 0 Å². The van der Waals surface area contributed by atoms with Gasteiger partial charge in [0.15, 0.2) is 0 Å². The molecule has 12 heteroatoms. The molecule has 0 aliphatic carbocycles. The average molecular weight is 426 g/mol. The number of aromatic nitrogens is 1. The summed E-state index contributed by atoms with van der Waals surface area (Å²) in [5, 5.41) is 16.9. The number of halogens is 8. The Morgan fingerprint density at radius 3 is 2.04 bits per heavy atom. The highest BCUT2D eigenvalue weighted by atomic mass is 35.5. The maximum Gasteiger partial charge on any atom is 0.430 e. The van der Waals surface area contributed by atoms with Gasteiger partial charge in [0.1, 0.15) is 0 Å². The van der Waals surface area contributed by atoms with Crippen LogP contribution < -0.4 is 0 Å². The third-order valence-electron chi connectivity index (χ3n) is 3.33. The third kappa shape index (κ3) is 3.21. The van der Waals surface area contributed by atoms with Crippen LogP contribution in [0.1, 0.15) is 11.3 Å². The number of nitrogens with zero attached hydrogens (tertiary/aromatic N) is 1. The first-order valence-electron chi connectivity index (χ1n) is 6.24. The molecule has 2 rings (SSSR count). The van der Waals surface area contributed by atoms with E-state index in [2.05, 4.69) is 4.98 Å². The van der Waals surface area contributed by atoms with Gasteiger partial charge in [0.05, 0.1) is 32.7 Å². The molecule has 0 fully saturated rings. The van der Waals surface area contributed by atoms with E-state index in [0.29, 0.717) is 6.07 Å². The Labute approximate surface area is 150 Å². The van der Waals surface area contributed by atoms with Crippen LogP contribution in [0, 0.1) is 0 Å². The molecule has 0 atom stereocenters. The second-order valence-electron chi connectivity index (χ2n) is 4.78. The molecule has 2 N–H and O–H groups in total. The molecule has 1 heterocycles. The van der Waals surface area contributed by atoms with E-state index in [4.69, 9.17) is 28.3 Å². The normalized spacial score (nSPS) is 13.4. The first-order chi connectivity index (χ1) is 11.4. The molecule has 0 saturated heterocycles. The number of hydrogen-bond donors (Lipinski definition) is 2. The molecular weight excluding hydrogens is 419 g/mol. The molecule has 2 aromatic rings. The Balaban J connectivity index is 2.72. The van der Waals surface area contributed by atoms with Gasteiger partial charge in [-0.1, -0.05) is 35.3 Å². The number of aliphatic hydroxyl groups is 2. The molecule has 0 amide bonds. The Kier molecular flexibility index (Phi) is 5.33. The monoisotopic (exact) mass is 425 g/mol. The van der Waals surface area contributed by atoms with Crippen molar-refractivity contribution < 1.29 is 36.6 Å². The minimum Gasteiger partial charge on any atom is -0.390 e. The molecule has 0 unspecified atom stereocenters. The summed E-state index contributed by atoms with van der Waals surface area (Å²) in [4.78, 5) is 4.01. The number of hydrogen-bond acceptors (Lipinski definition) is 4. The van der Waals surface area contributed by atoms with Crippen LogP contribution in [0.25, 0.3) is 10.4 Å². The third-order valence-corrected chi connectivity index (χ3v) is 5.11. The summed E-state index contributed by atoms with van der Waals surface area (Å²) >= 11 is 12.4. The minimum atomic E-state index is -6.08. The standard InChI is InChI=1S/C13H7Cl2F6NO2S/c14-8-5(10-7(3-23)22-4-25-10)1-2-6(9(8)15)11(24,12(16,17)18)13(19,20)21/h1-2,4,23-24H,3H2. The average Bonchev–Trinajstić information content (AvgIpc) is 2.95. The first kappa shape index (κ1) is 20.2. The molecule has 1 aromatic heterocycles. The Morgan fingerprint density at radius 2 is 1.56 bits per heavy atom. The van der Waals surface area contributed by atoms with Crippen molar-refractivity contribution in [2.24, 2.45) is 0 Å². The van der Waals surface area contributed by atoms with Crippen molar-refractivity contribution in [1.29, 1.82) is 0 Å². The van der Waals surface area contributed by atoms with Crippen molar-refractivity contribution in [1.82, 2.24) is 4.98 Å². The number of benzene rings is 1. The van der Waals surface area contributed by atoms with Gasteiger partial charge in [-0.15, -0.1) is 11.3 Å². The molecule has 138 valence electrons. The van der Waals surface area contributed by atoms with Crippen molar-refractivity contribution in [3.05, 3.63) is 38.9 Å². The maximum absolute atomic E-state index is 13.0. The van der Waals surface area contributed by atoms with Crippen LogP contribution in [0.5, 0.6) is 0 Å². The molecule has 0 bridgehead atoms. The Bertz CT molecular complexity index is 776.